The van der Waals surface area contributed by atoms with Gasteiger partial charge < -0.3 is 20.5 Å². The van der Waals surface area contributed by atoms with Crippen LogP contribution in [0.4, 0.5) is 16.0 Å². The number of nitrogen functional groups attached to an aromatic ring is 1. The highest BCUT2D eigenvalue weighted by molar-refractivity contribution is 5.93. The zero-order valence-corrected chi connectivity index (χ0v) is 19.6. The first-order valence-corrected chi connectivity index (χ1v) is 11.4. The van der Waals surface area contributed by atoms with Crippen LogP contribution in [0.2, 0.25) is 0 Å². The summed E-state index contributed by atoms with van der Waals surface area (Å²) in [5.41, 5.74) is 7.31. The van der Waals surface area contributed by atoms with Gasteiger partial charge in [-0.3, -0.25) is 4.68 Å². The molecule has 1 aliphatic rings. The van der Waals surface area contributed by atoms with Crippen molar-refractivity contribution < 1.29 is 14.2 Å². The molecule has 0 aliphatic carbocycles. The fraction of sp³-hybridized carbons (Fsp3) is 0.478. The number of ether oxygens (including phenoxy) is 1. The van der Waals surface area contributed by atoms with E-state index in [1.165, 1.54) is 23.8 Å². The third-order valence-corrected chi connectivity index (χ3v) is 6.16. The summed E-state index contributed by atoms with van der Waals surface area (Å²) in [6.45, 7) is 5.56. The Labute approximate surface area is 196 Å². The van der Waals surface area contributed by atoms with E-state index in [-0.39, 0.29) is 17.6 Å². The number of aliphatic hydroxyl groups is 1. The van der Waals surface area contributed by atoms with Crippen molar-refractivity contribution in [1.82, 2.24) is 29.4 Å². The molecule has 34 heavy (non-hydrogen) atoms. The van der Waals surface area contributed by atoms with Crippen LogP contribution in [0.25, 0.3) is 16.6 Å². The summed E-state index contributed by atoms with van der Waals surface area (Å²) in [7, 11) is 1.41. The molecule has 4 heterocycles. The summed E-state index contributed by atoms with van der Waals surface area (Å²) in [4.78, 5) is 11.4. The van der Waals surface area contributed by atoms with Gasteiger partial charge in [-0.2, -0.15) is 9.61 Å². The molecule has 3 aromatic heterocycles. The number of hydrogen-bond donors (Lipinski definition) is 2. The lowest BCUT2D eigenvalue weighted by Crippen LogP contribution is -2.28. The maximum absolute atomic E-state index is 14.4. The molecule has 0 spiro atoms. The number of fused-ring (bicyclic) bond motifs is 3. The van der Waals surface area contributed by atoms with E-state index in [9.17, 15) is 9.50 Å². The third-order valence-electron chi connectivity index (χ3n) is 6.16. The first-order valence-electron chi connectivity index (χ1n) is 11.4. The second-order valence-electron chi connectivity index (χ2n) is 9.53. The Morgan fingerprint density at radius 2 is 2.09 bits per heavy atom. The Morgan fingerprint density at radius 1 is 1.26 bits per heavy atom. The SMILES string of the molecule is COc1cc2nc(N)n3nc([C@H]4CCCCN(c5cnn(CC(C)(C)O)c5)C4)nc3c2cc1F. The Morgan fingerprint density at radius 3 is 2.85 bits per heavy atom. The highest BCUT2D eigenvalue weighted by atomic mass is 19.1. The summed E-state index contributed by atoms with van der Waals surface area (Å²) in [5, 5.41) is 19.7. The van der Waals surface area contributed by atoms with E-state index < -0.39 is 11.4 Å². The zero-order valence-electron chi connectivity index (χ0n) is 19.6. The van der Waals surface area contributed by atoms with Gasteiger partial charge in [0.25, 0.3) is 0 Å². The van der Waals surface area contributed by atoms with E-state index in [0.29, 0.717) is 28.9 Å². The number of nitrogens with two attached hydrogens (primary N) is 1. The molecule has 1 atom stereocenters. The molecule has 10 nitrogen and oxygen atoms in total. The molecule has 1 aromatic carbocycles. The van der Waals surface area contributed by atoms with Crippen molar-refractivity contribution in [3.63, 3.8) is 0 Å². The van der Waals surface area contributed by atoms with Gasteiger partial charge >= 0.3 is 0 Å². The standard InChI is InChI=1S/C23H29FN8O2/c1-23(2,33)13-31-12-15(10-26-31)30-7-5-4-6-14(11-30)20-28-21-16-8-17(24)19(34-3)9-18(16)27-22(25)32(21)29-20/h8-10,12,14,33H,4-7,11,13H2,1-3H3,(H2,25,27)/t14-/m0/s1. The summed E-state index contributed by atoms with van der Waals surface area (Å²) in [5.74, 6) is 0.531. The van der Waals surface area contributed by atoms with E-state index in [1.54, 1.807) is 18.5 Å². The van der Waals surface area contributed by atoms with Gasteiger partial charge in [-0.15, -0.1) is 5.10 Å². The minimum atomic E-state index is -0.842. The van der Waals surface area contributed by atoms with Crippen molar-refractivity contribution in [2.75, 3.05) is 30.8 Å². The van der Waals surface area contributed by atoms with Crippen LogP contribution in [0, 0.1) is 5.82 Å². The molecule has 5 rings (SSSR count). The lowest BCUT2D eigenvalue weighted by Gasteiger charge is -2.23. The Hall–Kier alpha value is -3.47. The topological polar surface area (TPSA) is 120 Å². The number of rotatable bonds is 5. The largest absolute Gasteiger partial charge is 0.494 e. The van der Waals surface area contributed by atoms with Crippen LogP contribution in [0.1, 0.15) is 44.9 Å². The number of benzene rings is 1. The highest BCUT2D eigenvalue weighted by Gasteiger charge is 2.26. The Kier molecular flexibility index (Phi) is 5.51. The van der Waals surface area contributed by atoms with Crippen LogP contribution in [-0.4, -0.2) is 60.3 Å². The average molecular weight is 469 g/mol. The van der Waals surface area contributed by atoms with E-state index in [1.807, 2.05) is 12.4 Å². The second-order valence-corrected chi connectivity index (χ2v) is 9.53. The minimum absolute atomic E-state index is 0.0672. The predicted molar refractivity (Wildman–Crippen MR) is 127 cm³/mol. The number of halogens is 1. The van der Waals surface area contributed by atoms with Gasteiger partial charge in [0.05, 0.1) is 36.7 Å². The molecular weight excluding hydrogens is 439 g/mol. The molecule has 0 radical (unpaired) electrons. The maximum Gasteiger partial charge on any atom is 0.223 e. The lowest BCUT2D eigenvalue weighted by atomic mass is 10.0. The predicted octanol–water partition coefficient (Wildman–Crippen LogP) is 2.75. The number of methoxy groups -OCH3 is 1. The van der Waals surface area contributed by atoms with E-state index in [0.717, 1.165) is 38.0 Å². The smallest absolute Gasteiger partial charge is 0.223 e. The summed E-state index contributed by atoms with van der Waals surface area (Å²) < 4.78 is 22.8. The third kappa shape index (κ3) is 4.23. The fourth-order valence-corrected chi connectivity index (χ4v) is 4.56. The Bertz CT molecular complexity index is 1340. The molecule has 0 unspecified atom stereocenters. The van der Waals surface area contributed by atoms with Gasteiger partial charge in [-0.1, -0.05) is 6.42 Å². The van der Waals surface area contributed by atoms with Gasteiger partial charge in [0.15, 0.2) is 23.0 Å². The van der Waals surface area contributed by atoms with Crippen LogP contribution in [0.5, 0.6) is 5.75 Å². The highest BCUT2D eigenvalue weighted by Crippen LogP contribution is 2.31. The molecule has 180 valence electrons. The quantitative estimate of drug-likeness (QED) is 0.459. The molecule has 1 saturated heterocycles. The summed E-state index contributed by atoms with van der Waals surface area (Å²) in [6.07, 6.45) is 6.80. The first kappa shape index (κ1) is 22.3. The van der Waals surface area contributed by atoms with Gasteiger partial charge in [-0.25, -0.2) is 14.4 Å². The average Bonchev–Trinajstić information content (AvgIpc) is 3.35. The van der Waals surface area contributed by atoms with Crippen molar-refractivity contribution in [1.29, 1.82) is 0 Å². The maximum atomic E-state index is 14.4. The van der Waals surface area contributed by atoms with E-state index in [2.05, 4.69) is 20.1 Å². The molecule has 0 bridgehead atoms. The molecule has 0 saturated carbocycles. The molecule has 0 amide bonds. The normalized spacial score (nSPS) is 17.4. The van der Waals surface area contributed by atoms with Crippen LogP contribution in [0.15, 0.2) is 24.5 Å². The second kappa shape index (κ2) is 8.39. The number of anilines is 2. The van der Waals surface area contributed by atoms with Crippen LogP contribution in [0.3, 0.4) is 0 Å². The molecule has 1 aliphatic heterocycles. The lowest BCUT2D eigenvalue weighted by molar-refractivity contribution is 0.0577. The van der Waals surface area contributed by atoms with Gasteiger partial charge in [0, 0.05) is 36.7 Å². The van der Waals surface area contributed by atoms with Crippen molar-refractivity contribution in [2.45, 2.75) is 51.2 Å². The van der Waals surface area contributed by atoms with Crippen LogP contribution < -0.4 is 15.4 Å². The van der Waals surface area contributed by atoms with Gasteiger partial charge in [0.2, 0.25) is 5.95 Å². The van der Waals surface area contributed by atoms with Crippen LogP contribution in [-0.2, 0) is 6.54 Å². The van der Waals surface area contributed by atoms with Crippen molar-refractivity contribution in [3.8, 4) is 5.75 Å². The number of aromatic nitrogens is 6. The fourth-order valence-electron chi connectivity index (χ4n) is 4.56. The number of nitrogens with zero attached hydrogens (tertiary/aromatic N) is 7. The van der Waals surface area contributed by atoms with Crippen molar-refractivity contribution in [2.24, 2.45) is 0 Å². The first-order chi connectivity index (χ1) is 16.2. The summed E-state index contributed by atoms with van der Waals surface area (Å²) >= 11 is 0. The molecule has 11 heteroatoms. The monoisotopic (exact) mass is 468 g/mol. The Balaban J connectivity index is 1.48. The van der Waals surface area contributed by atoms with Crippen molar-refractivity contribution in [3.05, 3.63) is 36.2 Å². The zero-order chi connectivity index (χ0) is 24.0. The van der Waals surface area contributed by atoms with E-state index in [4.69, 9.17) is 15.5 Å². The summed E-state index contributed by atoms with van der Waals surface area (Å²) in [6, 6.07) is 2.89. The van der Waals surface area contributed by atoms with E-state index >= 15 is 0 Å². The molecule has 3 N–H and O–H groups in total. The number of hydrogen-bond acceptors (Lipinski definition) is 8. The van der Waals surface area contributed by atoms with Gasteiger partial charge in [-0.05, 0) is 32.8 Å². The van der Waals surface area contributed by atoms with Gasteiger partial charge in [0.1, 0.15) is 0 Å². The minimum Gasteiger partial charge on any atom is -0.494 e. The van der Waals surface area contributed by atoms with Crippen molar-refractivity contribution >= 4 is 28.2 Å². The molecular formula is C23H29FN8O2. The molecule has 4 aromatic rings. The van der Waals surface area contributed by atoms with Crippen LogP contribution >= 0.6 is 0 Å². The molecule has 1 fully saturated rings.